The van der Waals surface area contributed by atoms with E-state index in [0.29, 0.717) is 17.2 Å². The van der Waals surface area contributed by atoms with Crippen LogP contribution in [-0.2, 0) is 9.53 Å². The zero-order valence-electron chi connectivity index (χ0n) is 21.3. The quantitative estimate of drug-likeness (QED) is 0.101. The van der Waals surface area contributed by atoms with Crippen molar-refractivity contribution in [3.8, 4) is 23.0 Å². The van der Waals surface area contributed by atoms with Gasteiger partial charge in [-0.1, -0.05) is 73.3 Å². The van der Waals surface area contributed by atoms with Crippen molar-refractivity contribution in [2.24, 2.45) is 0 Å². The van der Waals surface area contributed by atoms with Crippen LogP contribution in [0.4, 0.5) is 0 Å². The number of esters is 1. The Labute approximate surface area is 227 Å². The molecule has 1 unspecified atom stereocenters. The van der Waals surface area contributed by atoms with Gasteiger partial charge in [0.05, 0.1) is 0 Å². The second-order valence-electron chi connectivity index (χ2n) is 8.78. The topological polar surface area (TPSA) is 63.2 Å². The van der Waals surface area contributed by atoms with Gasteiger partial charge in [-0.25, -0.2) is 4.79 Å². The third kappa shape index (κ3) is 7.08. The van der Waals surface area contributed by atoms with E-state index >= 15 is 0 Å². The Morgan fingerprint density at radius 1 is 0.590 bits per heavy atom. The smallest absolute Gasteiger partial charge is 0.330 e. The van der Waals surface area contributed by atoms with Gasteiger partial charge in [-0.05, 0) is 57.9 Å². The summed E-state index contributed by atoms with van der Waals surface area (Å²) in [5.74, 6) is 1.99. The zero-order valence-corrected chi connectivity index (χ0v) is 21.3. The van der Waals surface area contributed by atoms with Gasteiger partial charge in [0.15, 0.2) is 6.10 Å². The van der Waals surface area contributed by atoms with Gasteiger partial charge in [-0.15, -0.1) is 0 Å². The molecule has 0 bridgehead atoms. The largest absolute Gasteiger partial charge is 0.490 e. The van der Waals surface area contributed by atoms with Crippen LogP contribution in [0.25, 0.3) is 21.5 Å². The van der Waals surface area contributed by atoms with Crippen molar-refractivity contribution in [3.05, 3.63) is 122 Å². The molecule has 0 aliphatic rings. The molecule has 0 radical (unpaired) electrons. The Morgan fingerprint density at radius 3 is 1.64 bits per heavy atom. The summed E-state index contributed by atoms with van der Waals surface area (Å²) < 4.78 is 28.8. The maximum absolute atomic E-state index is 11.9. The molecule has 6 nitrogen and oxygen atoms in total. The lowest BCUT2D eigenvalue weighted by Crippen LogP contribution is -2.30. The lowest BCUT2D eigenvalue weighted by atomic mass is 10.1. The van der Waals surface area contributed by atoms with Gasteiger partial charge in [-0.2, -0.15) is 0 Å². The highest BCUT2D eigenvalue weighted by atomic mass is 16.7. The number of hydrogen-bond donors (Lipinski definition) is 0. The molecule has 0 heterocycles. The van der Waals surface area contributed by atoms with Crippen molar-refractivity contribution in [2.75, 3.05) is 20.0 Å². The normalized spacial score (nSPS) is 11.5. The van der Waals surface area contributed by atoms with Gasteiger partial charge < -0.3 is 23.7 Å². The van der Waals surface area contributed by atoms with Crippen LogP contribution in [0, 0.1) is 0 Å². The molecule has 5 aromatic rings. The monoisotopic (exact) mass is 520 g/mol. The average Bonchev–Trinajstić information content (AvgIpc) is 2.98. The molecule has 39 heavy (non-hydrogen) atoms. The molecule has 5 rings (SSSR count). The third-order valence-corrected chi connectivity index (χ3v) is 6.02. The minimum Gasteiger partial charge on any atom is -0.490 e. The van der Waals surface area contributed by atoms with Crippen LogP contribution in [0.5, 0.6) is 23.0 Å². The van der Waals surface area contributed by atoms with Crippen LogP contribution in [0.15, 0.2) is 122 Å². The first-order valence-electron chi connectivity index (χ1n) is 12.6. The number of rotatable bonds is 12. The van der Waals surface area contributed by atoms with Gasteiger partial charge in [0.2, 0.25) is 6.79 Å². The molecule has 1 atom stereocenters. The van der Waals surface area contributed by atoms with Crippen molar-refractivity contribution in [1.29, 1.82) is 0 Å². The number of fused-ring (bicyclic) bond motifs is 2. The molecule has 196 valence electrons. The molecule has 0 amide bonds. The Bertz CT molecular complexity index is 1580. The zero-order chi connectivity index (χ0) is 26.9. The van der Waals surface area contributed by atoms with Crippen LogP contribution in [0.3, 0.4) is 0 Å². The van der Waals surface area contributed by atoms with Gasteiger partial charge in [0.1, 0.15) is 36.2 Å². The minimum absolute atomic E-state index is 0.0426. The van der Waals surface area contributed by atoms with Gasteiger partial charge in [0, 0.05) is 12.1 Å². The molecule has 0 saturated carbocycles. The Balaban J connectivity index is 1.15. The number of carbonyl (C=O) groups excluding carboxylic acids is 1. The summed E-state index contributed by atoms with van der Waals surface area (Å²) in [7, 11) is 0. The predicted molar refractivity (Wildman–Crippen MR) is 152 cm³/mol. The van der Waals surface area contributed by atoms with Crippen molar-refractivity contribution in [3.63, 3.8) is 0 Å². The minimum atomic E-state index is -0.650. The first-order valence-corrected chi connectivity index (χ1v) is 12.6. The summed E-state index contributed by atoms with van der Waals surface area (Å²) >= 11 is 0. The summed E-state index contributed by atoms with van der Waals surface area (Å²) in [5.41, 5.74) is 0. The summed E-state index contributed by atoms with van der Waals surface area (Å²) in [6, 6.07) is 35.0. The molecule has 0 N–H and O–H groups in total. The predicted octanol–water partition coefficient (Wildman–Crippen LogP) is 6.96. The van der Waals surface area contributed by atoms with E-state index in [4.69, 9.17) is 23.7 Å². The van der Waals surface area contributed by atoms with Crippen molar-refractivity contribution >= 4 is 27.5 Å². The van der Waals surface area contributed by atoms with Crippen molar-refractivity contribution in [2.45, 2.75) is 6.10 Å². The highest BCUT2D eigenvalue weighted by Crippen LogP contribution is 2.24. The standard InChI is InChI=1S/C33H28O6/c1-2-33(34)39-32(22-36-30-16-14-24-8-3-5-10-26(24)18-30)21-35-28-12-7-13-29(20-28)37-23-38-31-17-15-25-9-4-6-11-27(25)19-31/h2-20,32H,1,21-23H2. The lowest BCUT2D eigenvalue weighted by Gasteiger charge is -2.19. The number of benzene rings is 5. The van der Waals surface area contributed by atoms with Crippen LogP contribution in [-0.4, -0.2) is 32.1 Å². The Hall–Kier alpha value is -4.97. The fraction of sp³-hybridized carbons (Fsp3) is 0.121. The van der Waals surface area contributed by atoms with E-state index < -0.39 is 12.1 Å². The van der Waals surface area contributed by atoms with E-state index in [0.717, 1.165) is 33.4 Å². The van der Waals surface area contributed by atoms with E-state index in [1.54, 1.807) is 12.1 Å². The molecule has 5 aromatic carbocycles. The fourth-order valence-corrected chi connectivity index (χ4v) is 4.04. The molecule has 0 aliphatic heterocycles. The molecule has 0 aliphatic carbocycles. The van der Waals surface area contributed by atoms with Gasteiger partial charge in [0.25, 0.3) is 0 Å². The third-order valence-electron chi connectivity index (χ3n) is 6.02. The SMILES string of the molecule is C=CC(=O)OC(COc1cccc(OCOc2ccc3ccccc3c2)c1)COc1ccc2ccccc2c1. The van der Waals surface area contributed by atoms with E-state index in [2.05, 4.69) is 12.6 Å². The van der Waals surface area contributed by atoms with Crippen molar-refractivity contribution in [1.82, 2.24) is 0 Å². The van der Waals surface area contributed by atoms with E-state index in [1.165, 1.54) is 0 Å². The van der Waals surface area contributed by atoms with Gasteiger partial charge in [-0.3, -0.25) is 0 Å². The first kappa shape index (κ1) is 25.7. The second kappa shape index (κ2) is 12.5. The number of hydrogen-bond acceptors (Lipinski definition) is 6. The highest BCUT2D eigenvalue weighted by Gasteiger charge is 2.16. The van der Waals surface area contributed by atoms with Crippen LogP contribution in [0.2, 0.25) is 0 Å². The summed E-state index contributed by atoms with van der Waals surface area (Å²) in [6.45, 7) is 3.73. The summed E-state index contributed by atoms with van der Waals surface area (Å²) in [6.07, 6.45) is 0.468. The maximum Gasteiger partial charge on any atom is 0.330 e. The van der Waals surface area contributed by atoms with Gasteiger partial charge >= 0.3 is 5.97 Å². The van der Waals surface area contributed by atoms with Crippen LogP contribution in [0.1, 0.15) is 0 Å². The van der Waals surface area contributed by atoms with E-state index in [1.807, 2.05) is 91.0 Å². The van der Waals surface area contributed by atoms with Crippen LogP contribution < -0.4 is 18.9 Å². The first-order chi connectivity index (χ1) is 19.2. The van der Waals surface area contributed by atoms with E-state index in [9.17, 15) is 4.79 Å². The molecular weight excluding hydrogens is 492 g/mol. The van der Waals surface area contributed by atoms with Crippen LogP contribution >= 0.6 is 0 Å². The summed E-state index contributed by atoms with van der Waals surface area (Å²) in [4.78, 5) is 11.9. The second-order valence-corrected chi connectivity index (χ2v) is 8.78. The number of carbonyl (C=O) groups is 1. The molecular formula is C33H28O6. The molecule has 6 heteroatoms. The Morgan fingerprint density at radius 2 is 1.08 bits per heavy atom. The maximum atomic E-state index is 11.9. The van der Waals surface area contributed by atoms with Crippen molar-refractivity contribution < 1.29 is 28.5 Å². The average molecular weight is 521 g/mol. The van der Waals surface area contributed by atoms with E-state index in [-0.39, 0.29) is 20.0 Å². The summed E-state index contributed by atoms with van der Waals surface area (Å²) in [5, 5.41) is 4.43. The fourth-order valence-electron chi connectivity index (χ4n) is 4.04. The molecule has 0 spiro atoms. The number of ether oxygens (including phenoxy) is 5. The highest BCUT2D eigenvalue weighted by molar-refractivity contribution is 5.84. The molecule has 0 aromatic heterocycles. The molecule has 0 saturated heterocycles. The lowest BCUT2D eigenvalue weighted by molar-refractivity contribution is -0.146. The molecule has 0 fully saturated rings. The Kier molecular flexibility index (Phi) is 8.24.